The van der Waals surface area contributed by atoms with Crippen LogP contribution in [0.1, 0.15) is 37.5 Å². The largest absolute Gasteiger partial charge is 0.465 e. The quantitative estimate of drug-likeness (QED) is 0.655. The number of rotatable bonds is 2. The van der Waals surface area contributed by atoms with Gasteiger partial charge < -0.3 is 14.6 Å². The molecule has 150 valence electrons. The number of aromatic amines is 1. The summed E-state index contributed by atoms with van der Waals surface area (Å²) in [4.78, 5) is 29.5. The fourth-order valence-electron chi connectivity index (χ4n) is 3.62. The van der Waals surface area contributed by atoms with Crippen LogP contribution in [0, 0.1) is 0 Å². The van der Waals surface area contributed by atoms with Gasteiger partial charge in [-0.15, -0.1) is 0 Å². The lowest BCUT2D eigenvalue weighted by molar-refractivity contribution is -0.137. The summed E-state index contributed by atoms with van der Waals surface area (Å²) in [5.74, 6) is -0.779. The molecule has 0 saturated heterocycles. The smallest absolute Gasteiger partial charge is 0.416 e. The highest BCUT2D eigenvalue weighted by Crippen LogP contribution is 2.31. The normalized spacial score (nSPS) is 14.0. The van der Waals surface area contributed by atoms with E-state index < -0.39 is 17.7 Å². The van der Waals surface area contributed by atoms with Crippen LogP contribution in [-0.4, -0.2) is 35.4 Å². The Bertz CT molecular complexity index is 1100. The molecule has 1 N–H and O–H groups in total. The molecule has 8 heteroatoms. The molecule has 3 aromatic rings. The van der Waals surface area contributed by atoms with Crippen LogP contribution >= 0.6 is 0 Å². The summed E-state index contributed by atoms with van der Waals surface area (Å²) >= 11 is 0. The van der Waals surface area contributed by atoms with Crippen LogP contribution in [0.5, 0.6) is 0 Å². The minimum Gasteiger partial charge on any atom is -0.465 e. The summed E-state index contributed by atoms with van der Waals surface area (Å²) in [5, 5.41) is 0.827. The fraction of sp³-hybridized carbons (Fsp3) is 0.238. The molecule has 1 amide bonds. The van der Waals surface area contributed by atoms with Gasteiger partial charge in [-0.05, 0) is 42.5 Å². The molecule has 0 radical (unpaired) electrons. The maximum atomic E-state index is 12.8. The highest BCUT2D eigenvalue weighted by Gasteiger charge is 2.31. The van der Waals surface area contributed by atoms with Crippen molar-refractivity contribution in [3.05, 3.63) is 70.4 Å². The number of esters is 1. The van der Waals surface area contributed by atoms with Gasteiger partial charge >= 0.3 is 12.1 Å². The number of alkyl halides is 3. The second kappa shape index (κ2) is 6.95. The van der Waals surface area contributed by atoms with E-state index >= 15 is 0 Å². The van der Waals surface area contributed by atoms with Crippen molar-refractivity contribution in [2.24, 2.45) is 0 Å². The molecule has 2 aromatic carbocycles. The number of amides is 1. The van der Waals surface area contributed by atoms with Crippen molar-refractivity contribution < 1.29 is 27.5 Å². The zero-order chi connectivity index (χ0) is 20.8. The molecule has 0 unspecified atom stereocenters. The van der Waals surface area contributed by atoms with E-state index in [4.69, 9.17) is 4.74 Å². The summed E-state index contributed by atoms with van der Waals surface area (Å²) in [6.45, 7) is 0.753. The third kappa shape index (κ3) is 3.46. The first-order valence-corrected chi connectivity index (χ1v) is 8.96. The van der Waals surface area contributed by atoms with Crippen LogP contribution in [0.3, 0.4) is 0 Å². The molecular formula is C21H17F3N2O3. The first-order valence-electron chi connectivity index (χ1n) is 8.96. The van der Waals surface area contributed by atoms with Crippen molar-refractivity contribution in [2.45, 2.75) is 19.1 Å². The van der Waals surface area contributed by atoms with Crippen molar-refractivity contribution in [2.75, 3.05) is 13.7 Å². The molecule has 29 heavy (non-hydrogen) atoms. The maximum absolute atomic E-state index is 12.8. The van der Waals surface area contributed by atoms with E-state index in [0.717, 1.165) is 34.3 Å². The lowest BCUT2D eigenvalue weighted by Gasteiger charge is -2.27. The zero-order valence-electron chi connectivity index (χ0n) is 15.5. The van der Waals surface area contributed by atoms with E-state index in [2.05, 4.69) is 4.98 Å². The van der Waals surface area contributed by atoms with Gasteiger partial charge in [-0.1, -0.05) is 0 Å². The number of nitrogens with one attached hydrogen (secondary N) is 1. The van der Waals surface area contributed by atoms with E-state index in [-0.39, 0.29) is 11.5 Å². The summed E-state index contributed by atoms with van der Waals surface area (Å²) in [7, 11) is 1.31. The molecule has 0 fully saturated rings. The van der Waals surface area contributed by atoms with Gasteiger partial charge in [0.2, 0.25) is 0 Å². The predicted molar refractivity (Wildman–Crippen MR) is 99.5 cm³/mol. The van der Waals surface area contributed by atoms with Crippen LogP contribution in [0.15, 0.2) is 42.5 Å². The number of methoxy groups -OCH3 is 1. The number of nitrogens with zero attached hydrogens (tertiary/aromatic N) is 1. The Morgan fingerprint density at radius 3 is 2.41 bits per heavy atom. The standard InChI is InChI=1S/C21H17F3N2O3/c1-29-20(28)13-4-7-17-15(10-13)16-11-26(9-8-18(16)25-17)19(27)12-2-5-14(6-3-12)21(22,23)24/h2-7,10,25H,8-9,11H2,1H3. The van der Waals surface area contributed by atoms with Crippen LogP contribution in [-0.2, 0) is 23.9 Å². The average molecular weight is 402 g/mol. The molecule has 0 saturated carbocycles. The number of carbonyl (C=O) groups is 2. The molecule has 2 heterocycles. The van der Waals surface area contributed by atoms with Gasteiger partial charge in [0.25, 0.3) is 5.91 Å². The van der Waals surface area contributed by atoms with Crippen LogP contribution in [0.25, 0.3) is 10.9 Å². The van der Waals surface area contributed by atoms with Gasteiger partial charge in [-0.3, -0.25) is 4.79 Å². The summed E-state index contributed by atoms with van der Waals surface area (Å²) < 4.78 is 43.0. The minimum atomic E-state index is -4.44. The third-order valence-corrected chi connectivity index (χ3v) is 5.14. The van der Waals surface area contributed by atoms with Crippen LogP contribution in [0.4, 0.5) is 13.2 Å². The Morgan fingerprint density at radius 1 is 1.07 bits per heavy atom. The molecule has 4 rings (SSSR count). The Hall–Kier alpha value is -3.29. The average Bonchev–Trinajstić information content (AvgIpc) is 3.09. The second-order valence-electron chi connectivity index (χ2n) is 6.89. The van der Waals surface area contributed by atoms with Gasteiger partial charge in [-0.25, -0.2) is 4.79 Å². The van der Waals surface area contributed by atoms with Crippen molar-refractivity contribution in [1.29, 1.82) is 0 Å². The molecule has 1 aromatic heterocycles. The summed E-state index contributed by atoms with van der Waals surface area (Å²) in [6, 6.07) is 9.41. The van der Waals surface area contributed by atoms with Gasteiger partial charge in [0.05, 0.1) is 18.2 Å². The maximum Gasteiger partial charge on any atom is 0.416 e. The lowest BCUT2D eigenvalue weighted by atomic mass is 10.0. The van der Waals surface area contributed by atoms with Crippen molar-refractivity contribution in [3.63, 3.8) is 0 Å². The number of carbonyl (C=O) groups excluding carboxylic acids is 2. The summed E-state index contributed by atoms with van der Waals surface area (Å²) in [5.41, 5.74) is 2.56. The zero-order valence-corrected chi connectivity index (χ0v) is 15.5. The Morgan fingerprint density at radius 2 is 1.76 bits per heavy atom. The monoisotopic (exact) mass is 402 g/mol. The first-order chi connectivity index (χ1) is 13.8. The van der Waals surface area contributed by atoms with Crippen molar-refractivity contribution in [3.8, 4) is 0 Å². The van der Waals surface area contributed by atoms with E-state index in [9.17, 15) is 22.8 Å². The van der Waals surface area contributed by atoms with Gasteiger partial charge in [0, 0.05) is 47.2 Å². The Kier molecular flexibility index (Phi) is 4.56. The third-order valence-electron chi connectivity index (χ3n) is 5.14. The number of hydrogen-bond acceptors (Lipinski definition) is 3. The van der Waals surface area contributed by atoms with Gasteiger partial charge in [-0.2, -0.15) is 13.2 Å². The number of aromatic nitrogens is 1. The molecule has 1 aliphatic heterocycles. The fourth-order valence-corrected chi connectivity index (χ4v) is 3.62. The minimum absolute atomic E-state index is 0.205. The predicted octanol–water partition coefficient (Wildman–Crippen LogP) is 4.17. The SMILES string of the molecule is COC(=O)c1ccc2[nH]c3c(c2c1)CN(C(=O)c1ccc(C(F)(F)F)cc1)CC3. The van der Waals surface area contributed by atoms with E-state index in [1.165, 1.54) is 19.2 Å². The molecular weight excluding hydrogens is 385 g/mol. The number of H-pyrrole nitrogens is 1. The molecule has 5 nitrogen and oxygen atoms in total. The number of fused-ring (bicyclic) bond motifs is 3. The number of hydrogen-bond donors (Lipinski definition) is 1. The number of halogens is 3. The van der Waals surface area contributed by atoms with Gasteiger partial charge in [0.15, 0.2) is 0 Å². The second-order valence-corrected chi connectivity index (χ2v) is 6.89. The molecule has 0 aliphatic carbocycles. The first kappa shape index (κ1) is 19.0. The summed E-state index contributed by atoms with van der Waals surface area (Å²) in [6.07, 6.45) is -3.85. The van der Waals surface area contributed by atoms with Crippen molar-refractivity contribution >= 4 is 22.8 Å². The van der Waals surface area contributed by atoms with Crippen molar-refractivity contribution in [1.82, 2.24) is 9.88 Å². The number of ether oxygens (including phenoxy) is 1. The topological polar surface area (TPSA) is 62.4 Å². The Labute approximate surface area is 164 Å². The van der Waals surface area contributed by atoms with E-state index in [1.807, 2.05) is 0 Å². The Balaban J connectivity index is 1.62. The molecule has 0 bridgehead atoms. The van der Waals surface area contributed by atoms with E-state index in [0.29, 0.717) is 25.1 Å². The van der Waals surface area contributed by atoms with Crippen LogP contribution in [0.2, 0.25) is 0 Å². The molecule has 1 aliphatic rings. The molecule has 0 atom stereocenters. The highest BCUT2D eigenvalue weighted by molar-refractivity contribution is 5.97. The lowest BCUT2D eigenvalue weighted by Crippen LogP contribution is -2.35. The van der Waals surface area contributed by atoms with Crippen LogP contribution < -0.4 is 0 Å². The van der Waals surface area contributed by atoms with Gasteiger partial charge in [0.1, 0.15) is 0 Å². The van der Waals surface area contributed by atoms with E-state index in [1.54, 1.807) is 23.1 Å². The number of benzene rings is 2. The highest BCUT2D eigenvalue weighted by atomic mass is 19.4. The molecule has 0 spiro atoms.